The number of allylic oxidation sites excluding steroid dienone is 2. The molecule has 0 spiro atoms. The van der Waals surface area contributed by atoms with Gasteiger partial charge in [-0.1, -0.05) is 47.5 Å². The lowest BCUT2D eigenvalue weighted by molar-refractivity contribution is -0.132. The second kappa shape index (κ2) is 8.87. The molecular formula is C32H38O5S2. The van der Waals surface area contributed by atoms with Crippen molar-refractivity contribution in [1.29, 1.82) is 0 Å². The van der Waals surface area contributed by atoms with E-state index in [9.17, 15) is 16.8 Å². The Bertz CT molecular complexity index is 1430. The van der Waals surface area contributed by atoms with E-state index in [0.29, 0.717) is 11.8 Å². The van der Waals surface area contributed by atoms with Gasteiger partial charge in [0.15, 0.2) is 25.5 Å². The van der Waals surface area contributed by atoms with E-state index in [-0.39, 0.29) is 27.4 Å². The van der Waals surface area contributed by atoms with Crippen LogP contribution >= 0.6 is 0 Å². The Morgan fingerprint density at radius 3 is 1.28 bits per heavy atom. The van der Waals surface area contributed by atoms with Gasteiger partial charge in [-0.05, 0) is 108 Å². The first-order chi connectivity index (χ1) is 18.3. The van der Waals surface area contributed by atoms with Gasteiger partial charge in [0.2, 0.25) is 0 Å². The highest BCUT2D eigenvalue weighted by Crippen LogP contribution is 2.67. The number of benzene rings is 2. The van der Waals surface area contributed by atoms with Gasteiger partial charge in [-0.3, -0.25) is 4.79 Å². The highest BCUT2D eigenvalue weighted by atomic mass is 32.2. The number of Topliss-reactive ketones (excluding diaryl/α,β-unsaturated/α-hetero) is 1. The Morgan fingerprint density at radius 1 is 0.615 bits per heavy atom. The lowest BCUT2D eigenvalue weighted by Gasteiger charge is -2.45. The highest BCUT2D eigenvalue weighted by Gasteiger charge is 2.68. The topological polar surface area (TPSA) is 85.3 Å². The molecule has 2 aromatic rings. The molecule has 0 N–H and O–H groups in total. The second-order valence-electron chi connectivity index (χ2n) is 12.9. The monoisotopic (exact) mass is 566 g/mol. The van der Waals surface area contributed by atoms with Gasteiger partial charge in [0.25, 0.3) is 0 Å². The molecule has 7 heteroatoms. The SMILES string of the molecule is CC(C1(C)C(=O)C(C)(C(C)S(=O)(=O)c2ccccc2)C2=C1C1CC3CC(C1)CC2C3)S(=O)(=O)c1ccccc1. The molecule has 0 amide bonds. The fourth-order valence-corrected chi connectivity index (χ4v) is 12.6. The number of carbonyl (C=O) groups excluding carboxylic acids is 1. The third-order valence-electron chi connectivity index (χ3n) is 11.0. The minimum absolute atomic E-state index is 0.118. The molecule has 5 nitrogen and oxygen atoms in total. The third kappa shape index (κ3) is 3.64. The van der Waals surface area contributed by atoms with E-state index in [1.807, 2.05) is 13.8 Å². The molecule has 0 radical (unpaired) electrons. The third-order valence-corrected chi connectivity index (χ3v) is 15.7. The maximum atomic E-state index is 15.0. The lowest BCUT2D eigenvalue weighted by Crippen LogP contribution is -2.52. The fraction of sp³-hybridized carbons (Fsp3) is 0.531. The predicted molar refractivity (Wildman–Crippen MR) is 151 cm³/mol. The Hall–Kier alpha value is -2.25. The van der Waals surface area contributed by atoms with Gasteiger partial charge in [-0.2, -0.15) is 0 Å². The van der Waals surface area contributed by atoms with Crippen LogP contribution in [0.4, 0.5) is 0 Å². The Labute approximate surface area is 232 Å². The molecule has 208 valence electrons. The summed E-state index contributed by atoms with van der Waals surface area (Å²) < 4.78 is 56.4. The maximum Gasteiger partial charge on any atom is 0.182 e. The molecule has 0 heterocycles. The molecular weight excluding hydrogens is 528 g/mol. The first kappa shape index (κ1) is 26.9. The van der Waals surface area contributed by atoms with E-state index >= 15 is 4.79 Å². The summed E-state index contributed by atoms with van der Waals surface area (Å²) in [5, 5.41) is -2.04. The highest BCUT2D eigenvalue weighted by molar-refractivity contribution is 7.92. The van der Waals surface area contributed by atoms with Gasteiger partial charge in [0.05, 0.1) is 31.1 Å². The molecule has 0 saturated heterocycles. The van der Waals surface area contributed by atoms with Crippen molar-refractivity contribution in [2.75, 3.05) is 0 Å². The van der Waals surface area contributed by atoms with E-state index in [2.05, 4.69) is 0 Å². The van der Waals surface area contributed by atoms with Crippen molar-refractivity contribution >= 4 is 25.5 Å². The fourth-order valence-electron chi connectivity index (χ4n) is 9.01. The van der Waals surface area contributed by atoms with Crippen LogP contribution in [-0.2, 0) is 24.5 Å². The molecule has 5 aliphatic rings. The van der Waals surface area contributed by atoms with Crippen LogP contribution in [0.2, 0.25) is 0 Å². The number of ketones is 1. The summed E-state index contributed by atoms with van der Waals surface area (Å²) in [5.74, 6) is 1.08. The molecule has 2 fully saturated rings. The molecule has 4 unspecified atom stereocenters. The summed E-state index contributed by atoms with van der Waals surface area (Å²) in [6, 6.07) is 16.7. The summed E-state index contributed by atoms with van der Waals surface area (Å²) in [6.07, 6.45) is 5.03. The van der Waals surface area contributed by atoms with Crippen LogP contribution in [-0.4, -0.2) is 33.1 Å². The van der Waals surface area contributed by atoms with E-state index in [1.54, 1.807) is 74.5 Å². The first-order valence-electron chi connectivity index (χ1n) is 14.2. The smallest absolute Gasteiger partial charge is 0.182 e. The Morgan fingerprint density at radius 2 is 0.949 bits per heavy atom. The number of rotatable bonds is 6. The molecule has 0 aliphatic heterocycles. The number of hydrogen-bond donors (Lipinski definition) is 0. The van der Waals surface area contributed by atoms with E-state index < -0.39 is 41.0 Å². The van der Waals surface area contributed by atoms with Crippen LogP contribution in [0.3, 0.4) is 0 Å². The number of carbonyl (C=O) groups is 1. The molecule has 7 rings (SSSR count). The lowest BCUT2D eigenvalue weighted by atomic mass is 9.60. The van der Waals surface area contributed by atoms with Crippen molar-refractivity contribution in [2.45, 2.75) is 80.1 Å². The normalized spacial score (nSPS) is 35.5. The van der Waals surface area contributed by atoms with Gasteiger partial charge < -0.3 is 0 Å². The van der Waals surface area contributed by atoms with Crippen LogP contribution in [0, 0.1) is 34.5 Å². The van der Waals surface area contributed by atoms with Crippen molar-refractivity contribution in [1.82, 2.24) is 0 Å². The maximum absolute atomic E-state index is 15.0. The summed E-state index contributed by atoms with van der Waals surface area (Å²) in [4.78, 5) is 15.4. The van der Waals surface area contributed by atoms with Crippen molar-refractivity contribution in [3.05, 3.63) is 71.8 Å². The Balaban J connectivity index is 1.57. The summed E-state index contributed by atoms with van der Waals surface area (Å²) in [5.41, 5.74) is -0.675. The number of sulfone groups is 2. The molecule has 4 bridgehead atoms. The van der Waals surface area contributed by atoms with Gasteiger partial charge >= 0.3 is 0 Å². The van der Waals surface area contributed by atoms with Crippen LogP contribution in [0.5, 0.6) is 0 Å². The zero-order valence-corrected chi connectivity index (χ0v) is 24.8. The van der Waals surface area contributed by atoms with Crippen molar-refractivity contribution < 1.29 is 21.6 Å². The first-order valence-corrected chi connectivity index (χ1v) is 17.3. The van der Waals surface area contributed by atoms with Crippen molar-refractivity contribution in [3.8, 4) is 0 Å². The van der Waals surface area contributed by atoms with Crippen molar-refractivity contribution in [2.24, 2.45) is 34.5 Å². The molecule has 2 saturated carbocycles. The average Bonchev–Trinajstić information content (AvgIpc) is 3.00. The summed E-state index contributed by atoms with van der Waals surface area (Å²) in [6.45, 7) is 6.97. The molecule has 2 aromatic carbocycles. The van der Waals surface area contributed by atoms with Gasteiger partial charge in [-0.15, -0.1) is 0 Å². The van der Waals surface area contributed by atoms with Gasteiger partial charge in [0, 0.05) is 0 Å². The molecule has 39 heavy (non-hydrogen) atoms. The van der Waals surface area contributed by atoms with Crippen LogP contribution in [0.25, 0.3) is 0 Å². The quantitative estimate of drug-likeness (QED) is 0.397. The number of hydrogen-bond acceptors (Lipinski definition) is 5. The van der Waals surface area contributed by atoms with E-state index in [1.165, 1.54) is 6.42 Å². The average molecular weight is 567 g/mol. The standard InChI is InChI=1S/C32H38O5S2/c1-20(38(34,35)26-11-7-5-8-12-26)31(3)28-24-16-22-15-23(17-24)19-25(18-22)29(28)32(4,30(31)33)21(2)39(36,37)27-13-9-6-10-14-27/h5-14,20-25H,15-19H2,1-4H3. The Kier molecular flexibility index (Phi) is 6.13. The molecule has 4 atom stereocenters. The van der Waals surface area contributed by atoms with Crippen molar-refractivity contribution in [3.63, 3.8) is 0 Å². The second-order valence-corrected chi connectivity index (χ2v) is 17.4. The van der Waals surface area contributed by atoms with Crippen LogP contribution in [0.1, 0.15) is 59.8 Å². The summed E-state index contributed by atoms with van der Waals surface area (Å²) >= 11 is 0. The zero-order chi connectivity index (χ0) is 28.0. The summed E-state index contributed by atoms with van der Waals surface area (Å²) in [7, 11) is -7.75. The minimum atomic E-state index is -3.88. The molecule has 5 aliphatic carbocycles. The van der Waals surface area contributed by atoms with Gasteiger partial charge in [0.1, 0.15) is 0 Å². The molecule has 0 aromatic heterocycles. The van der Waals surface area contributed by atoms with Crippen LogP contribution < -0.4 is 0 Å². The van der Waals surface area contributed by atoms with E-state index in [4.69, 9.17) is 0 Å². The van der Waals surface area contributed by atoms with Gasteiger partial charge in [-0.25, -0.2) is 16.8 Å². The zero-order valence-electron chi connectivity index (χ0n) is 23.1. The van der Waals surface area contributed by atoms with Crippen LogP contribution in [0.15, 0.2) is 81.6 Å². The predicted octanol–water partition coefficient (Wildman–Crippen LogP) is 6.06. The largest absolute Gasteiger partial charge is 0.298 e. The van der Waals surface area contributed by atoms with E-state index in [0.717, 1.165) is 36.8 Å². The minimum Gasteiger partial charge on any atom is -0.298 e.